The lowest BCUT2D eigenvalue weighted by Crippen LogP contribution is -2.42. The van der Waals surface area contributed by atoms with Gasteiger partial charge in [-0.15, -0.1) is 0 Å². The van der Waals surface area contributed by atoms with E-state index >= 15 is 0 Å². The van der Waals surface area contributed by atoms with Crippen LogP contribution in [0.1, 0.15) is 60.3 Å². The maximum Gasteiger partial charge on any atom is 0.00684 e. The Morgan fingerprint density at radius 2 is 1.78 bits per heavy atom. The molecular formula is C16H34N2. The summed E-state index contributed by atoms with van der Waals surface area (Å²) in [6.45, 7) is 16.6. The second kappa shape index (κ2) is 7.49. The van der Waals surface area contributed by atoms with Gasteiger partial charge in [-0.05, 0) is 30.7 Å². The zero-order valence-corrected chi connectivity index (χ0v) is 13.3. The monoisotopic (exact) mass is 254 g/mol. The van der Waals surface area contributed by atoms with Gasteiger partial charge in [-0.1, -0.05) is 47.5 Å². The molecule has 0 atom stereocenters. The summed E-state index contributed by atoms with van der Waals surface area (Å²) in [5.74, 6) is 0.872. The number of nitrogens with zero attached hydrogens (tertiary/aromatic N) is 1. The van der Waals surface area contributed by atoms with Crippen molar-refractivity contribution in [2.24, 2.45) is 11.3 Å². The van der Waals surface area contributed by atoms with Crippen molar-refractivity contribution in [1.82, 2.24) is 10.2 Å². The predicted molar refractivity (Wildman–Crippen MR) is 81.0 cm³/mol. The molecule has 1 fully saturated rings. The molecular weight excluding hydrogens is 220 g/mol. The largest absolute Gasteiger partial charge is 0.313 e. The molecule has 0 saturated heterocycles. The summed E-state index contributed by atoms with van der Waals surface area (Å²) in [5.41, 5.74) is 0.393. The van der Waals surface area contributed by atoms with Crippen LogP contribution in [0.4, 0.5) is 0 Å². The van der Waals surface area contributed by atoms with E-state index in [2.05, 4.69) is 44.8 Å². The van der Waals surface area contributed by atoms with Crippen molar-refractivity contribution in [1.29, 1.82) is 0 Å². The third-order valence-electron chi connectivity index (χ3n) is 4.22. The Morgan fingerprint density at radius 3 is 2.22 bits per heavy atom. The van der Waals surface area contributed by atoms with Crippen LogP contribution in [0.3, 0.4) is 0 Å². The Balaban J connectivity index is 2.33. The molecule has 0 spiro atoms. The lowest BCUT2D eigenvalue weighted by Gasteiger charge is -2.34. The van der Waals surface area contributed by atoms with Crippen LogP contribution < -0.4 is 5.32 Å². The van der Waals surface area contributed by atoms with Crippen LogP contribution in [0.25, 0.3) is 0 Å². The summed E-state index contributed by atoms with van der Waals surface area (Å²) in [4.78, 5) is 2.65. The normalized spacial score (nSPS) is 16.8. The summed E-state index contributed by atoms with van der Waals surface area (Å²) in [6.07, 6.45) is 5.41. The van der Waals surface area contributed by atoms with Gasteiger partial charge in [-0.25, -0.2) is 0 Å². The number of nitrogens with one attached hydrogen (secondary N) is 1. The Hall–Kier alpha value is -0.0800. The van der Waals surface area contributed by atoms with E-state index in [4.69, 9.17) is 0 Å². The van der Waals surface area contributed by atoms with E-state index in [1.54, 1.807) is 0 Å². The molecule has 108 valence electrons. The standard InChI is InChI=1S/C16H34N2/c1-6-14(7-2)11-18(8-3)13-16(4,5)12-17-15-9-10-15/h14-15,17H,6-13H2,1-5H3. The van der Waals surface area contributed by atoms with Gasteiger partial charge in [0.25, 0.3) is 0 Å². The van der Waals surface area contributed by atoms with E-state index in [1.165, 1.54) is 45.3 Å². The van der Waals surface area contributed by atoms with Crippen LogP contribution in [-0.2, 0) is 0 Å². The van der Waals surface area contributed by atoms with Gasteiger partial charge in [0.2, 0.25) is 0 Å². The first-order valence-electron chi connectivity index (χ1n) is 7.96. The maximum atomic E-state index is 3.68. The van der Waals surface area contributed by atoms with Gasteiger partial charge in [0.05, 0.1) is 0 Å². The second-order valence-corrected chi connectivity index (χ2v) is 6.83. The van der Waals surface area contributed by atoms with E-state index in [0.29, 0.717) is 5.41 Å². The summed E-state index contributed by atoms with van der Waals surface area (Å²) in [6, 6.07) is 0.832. The highest BCUT2D eigenvalue weighted by molar-refractivity contribution is 4.85. The van der Waals surface area contributed by atoms with E-state index in [-0.39, 0.29) is 0 Å². The molecule has 2 heteroatoms. The van der Waals surface area contributed by atoms with Gasteiger partial charge in [-0.2, -0.15) is 0 Å². The number of rotatable bonds is 10. The summed E-state index contributed by atoms with van der Waals surface area (Å²) in [7, 11) is 0. The highest BCUT2D eigenvalue weighted by Gasteiger charge is 2.26. The summed E-state index contributed by atoms with van der Waals surface area (Å²) in [5, 5.41) is 3.68. The first-order valence-corrected chi connectivity index (χ1v) is 7.96. The Morgan fingerprint density at radius 1 is 1.17 bits per heavy atom. The van der Waals surface area contributed by atoms with Gasteiger partial charge >= 0.3 is 0 Å². The van der Waals surface area contributed by atoms with Crippen molar-refractivity contribution in [3.8, 4) is 0 Å². The molecule has 0 heterocycles. The molecule has 1 rings (SSSR count). The molecule has 0 amide bonds. The van der Waals surface area contributed by atoms with Crippen molar-refractivity contribution in [3.05, 3.63) is 0 Å². The molecule has 0 radical (unpaired) electrons. The molecule has 18 heavy (non-hydrogen) atoms. The van der Waals surface area contributed by atoms with Crippen LogP contribution in [-0.4, -0.2) is 37.1 Å². The zero-order chi connectivity index (χ0) is 13.6. The number of hydrogen-bond donors (Lipinski definition) is 1. The quantitative estimate of drug-likeness (QED) is 0.641. The van der Waals surface area contributed by atoms with Crippen molar-refractivity contribution in [2.75, 3.05) is 26.2 Å². The maximum absolute atomic E-state index is 3.68. The third kappa shape index (κ3) is 6.19. The van der Waals surface area contributed by atoms with Crippen molar-refractivity contribution in [2.45, 2.75) is 66.3 Å². The fourth-order valence-corrected chi connectivity index (χ4v) is 2.59. The highest BCUT2D eigenvalue weighted by Crippen LogP contribution is 2.23. The predicted octanol–water partition coefficient (Wildman–Crippen LogP) is 3.52. The fraction of sp³-hybridized carbons (Fsp3) is 1.00. The van der Waals surface area contributed by atoms with Crippen LogP contribution in [0.15, 0.2) is 0 Å². The van der Waals surface area contributed by atoms with Crippen molar-refractivity contribution in [3.63, 3.8) is 0 Å². The SMILES string of the molecule is CCC(CC)CN(CC)CC(C)(C)CNC1CC1. The first kappa shape index (κ1) is 16.0. The highest BCUT2D eigenvalue weighted by atomic mass is 15.1. The molecule has 0 unspecified atom stereocenters. The van der Waals surface area contributed by atoms with Gasteiger partial charge in [0.1, 0.15) is 0 Å². The Bertz CT molecular complexity index is 217. The summed E-state index contributed by atoms with van der Waals surface area (Å²) >= 11 is 0. The molecule has 0 aromatic heterocycles. The van der Waals surface area contributed by atoms with E-state index < -0.39 is 0 Å². The lowest BCUT2D eigenvalue weighted by molar-refractivity contribution is 0.156. The van der Waals surface area contributed by atoms with Crippen LogP contribution >= 0.6 is 0 Å². The molecule has 0 aliphatic heterocycles. The van der Waals surface area contributed by atoms with Crippen LogP contribution in [0.2, 0.25) is 0 Å². The molecule has 2 nitrogen and oxygen atoms in total. The first-order chi connectivity index (χ1) is 8.50. The lowest BCUT2D eigenvalue weighted by atomic mass is 9.91. The van der Waals surface area contributed by atoms with Crippen molar-refractivity contribution < 1.29 is 0 Å². The van der Waals surface area contributed by atoms with Gasteiger partial charge < -0.3 is 10.2 Å². The molecule has 1 aliphatic carbocycles. The molecule has 1 aliphatic rings. The van der Waals surface area contributed by atoms with Crippen LogP contribution in [0, 0.1) is 11.3 Å². The van der Waals surface area contributed by atoms with Gasteiger partial charge in [0.15, 0.2) is 0 Å². The fourth-order valence-electron chi connectivity index (χ4n) is 2.59. The third-order valence-corrected chi connectivity index (χ3v) is 4.22. The second-order valence-electron chi connectivity index (χ2n) is 6.83. The minimum Gasteiger partial charge on any atom is -0.313 e. The minimum atomic E-state index is 0.393. The molecule has 0 aromatic carbocycles. The number of hydrogen-bond acceptors (Lipinski definition) is 2. The van der Waals surface area contributed by atoms with E-state index in [1.807, 2.05) is 0 Å². The van der Waals surface area contributed by atoms with E-state index in [0.717, 1.165) is 18.5 Å². The van der Waals surface area contributed by atoms with E-state index in [9.17, 15) is 0 Å². The molecule has 0 aromatic rings. The van der Waals surface area contributed by atoms with Crippen molar-refractivity contribution >= 4 is 0 Å². The van der Waals surface area contributed by atoms with Gasteiger partial charge in [-0.3, -0.25) is 0 Å². The molecule has 1 N–H and O–H groups in total. The smallest absolute Gasteiger partial charge is 0.00684 e. The topological polar surface area (TPSA) is 15.3 Å². The van der Waals surface area contributed by atoms with Crippen LogP contribution in [0.5, 0.6) is 0 Å². The molecule has 0 bridgehead atoms. The summed E-state index contributed by atoms with van der Waals surface area (Å²) < 4.78 is 0. The Kier molecular flexibility index (Phi) is 6.65. The Labute approximate surface area is 115 Å². The zero-order valence-electron chi connectivity index (χ0n) is 13.3. The molecule has 1 saturated carbocycles. The average molecular weight is 254 g/mol. The average Bonchev–Trinajstić information content (AvgIpc) is 3.16. The minimum absolute atomic E-state index is 0.393. The van der Waals surface area contributed by atoms with Gasteiger partial charge in [0, 0.05) is 25.7 Å².